The van der Waals surface area contributed by atoms with Gasteiger partial charge < -0.3 is 5.73 Å². The third-order valence-corrected chi connectivity index (χ3v) is 0.913. The second-order valence-corrected chi connectivity index (χ2v) is 1.88. The fourth-order valence-electron chi connectivity index (χ4n) is 0.204. The average Bonchev–Trinajstić information content (AvgIpc) is 2.06. The van der Waals surface area contributed by atoms with Crippen LogP contribution in [-0.2, 0) is 0 Å². The molecule has 0 aliphatic carbocycles. The second kappa shape index (κ2) is 11.5. The van der Waals surface area contributed by atoms with Crippen molar-refractivity contribution >= 4 is 0 Å². The van der Waals surface area contributed by atoms with Gasteiger partial charge in [-0.25, -0.2) is 0 Å². The molecule has 0 fully saturated rings. The largest absolute Gasteiger partial charge is 0.404 e. The Morgan fingerprint density at radius 2 is 1.91 bits per heavy atom. The molecular formula is C10H17N. The van der Waals surface area contributed by atoms with Crippen LogP contribution in [0.15, 0.2) is 49.2 Å². The van der Waals surface area contributed by atoms with E-state index in [0.717, 1.165) is 5.57 Å². The van der Waals surface area contributed by atoms with Gasteiger partial charge in [-0.05, 0) is 25.6 Å². The van der Waals surface area contributed by atoms with Crippen LogP contribution in [0.2, 0.25) is 0 Å². The molecule has 2 N–H and O–H groups in total. The minimum atomic E-state index is 1.01. The Labute approximate surface area is 69.6 Å². The van der Waals surface area contributed by atoms with Crippen molar-refractivity contribution in [3.05, 3.63) is 49.2 Å². The van der Waals surface area contributed by atoms with Crippen molar-refractivity contribution < 1.29 is 0 Å². The van der Waals surface area contributed by atoms with Gasteiger partial charge >= 0.3 is 0 Å². The predicted molar refractivity (Wildman–Crippen MR) is 53.2 cm³/mol. The Bertz CT molecular complexity index is 152. The molecule has 0 atom stereocenters. The summed E-state index contributed by atoms with van der Waals surface area (Å²) in [6, 6.07) is 0. The number of allylic oxidation sites excluding steroid dienone is 5. The van der Waals surface area contributed by atoms with Crippen LogP contribution >= 0.6 is 0 Å². The minimum absolute atomic E-state index is 1.01. The van der Waals surface area contributed by atoms with Crippen molar-refractivity contribution in [1.29, 1.82) is 0 Å². The highest BCUT2D eigenvalue weighted by molar-refractivity contribution is 5.10. The van der Waals surface area contributed by atoms with Gasteiger partial charge in [0.15, 0.2) is 0 Å². The van der Waals surface area contributed by atoms with E-state index in [1.165, 1.54) is 6.20 Å². The molecule has 0 saturated heterocycles. The summed E-state index contributed by atoms with van der Waals surface area (Å²) in [4.78, 5) is 0. The van der Waals surface area contributed by atoms with Gasteiger partial charge in [0.25, 0.3) is 0 Å². The molecule has 0 aromatic carbocycles. The smallest absolute Gasteiger partial charge is 0.00328 e. The quantitative estimate of drug-likeness (QED) is 0.603. The molecule has 0 aromatic heterocycles. The normalized spacial score (nSPS) is 10.2. The lowest BCUT2D eigenvalue weighted by atomic mass is 10.3. The highest BCUT2D eigenvalue weighted by Gasteiger charge is 1.67. The van der Waals surface area contributed by atoms with Gasteiger partial charge in [0.1, 0.15) is 0 Å². The van der Waals surface area contributed by atoms with Crippen molar-refractivity contribution in [3.8, 4) is 0 Å². The first-order valence-corrected chi connectivity index (χ1v) is 3.47. The van der Waals surface area contributed by atoms with E-state index in [1.807, 2.05) is 26.0 Å². The highest BCUT2D eigenvalue weighted by Crippen LogP contribution is 1.84. The Balaban J connectivity index is 0. The van der Waals surface area contributed by atoms with Gasteiger partial charge in [-0.15, -0.1) is 0 Å². The Morgan fingerprint density at radius 1 is 1.36 bits per heavy atom. The maximum absolute atomic E-state index is 5.05. The van der Waals surface area contributed by atoms with Gasteiger partial charge in [-0.2, -0.15) is 0 Å². The van der Waals surface area contributed by atoms with E-state index >= 15 is 0 Å². The van der Waals surface area contributed by atoms with Gasteiger partial charge in [0.05, 0.1) is 0 Å². The van der Waals surface area contributed by atoms with Crippen LogP contribution in [0.4, 0.5) is 0 Å². The first kappa shape index (κ1) is 12.4. The SMILES string of the molecule is C=C/C(C)=C/N.C=C/C=C/C. The van der Waals surface area contributed by atoms with E-state index < -0.39 is 0 Å². The molecule has 0 aliphatic rings. The van der Waals surface area contributed by atoms with Crippen molar-refractivity contribution in [1.82, 2.24) is 0 Å². The molecule has 0 unspecified atom stereocenters. The predicted octanol–water partition coefficient (Wildman–Crippen LogP) is 2.78. The van der Waals surface area contributed by atoms with E-state index in [4.69, 9.17) is 5.73 Å². The van der Waals surface area contributed by atoms with Crippen molar-refractivity contribution in [2.45, 2.75) is 13.8 Å². The molecule has 11 heavy (non-hydrogen) atoms. The van der Waals surface area contributed by atoms with Crippen LogP contribution in [-0.4, -0.2) is 0 Å². The highest BCUT2D eigenvalue weighted by atomic mass is 14.5. The summed E-state index contributed by atoms with van der Waals surface area (Å²) in [5, 5.41) is 0. The molecular weight excluding hydrogens is 134 g/mol. The van der Waals surface area contributed by atoms with Crippen molar-refractivity contribution in [3.63, 3.8) is 0 Å². The standard InChI is InChI=1S/C5H9N.C5H8/c1-3-5(2)4-6;1-3-5-4-2/h3-4H,1,6H2,2H3;3-5H,1H2,2H3/b2*5-4+. The third kappa shape index (κ3) is 17.7. The number of nitrogens with two attached hydrogens (primary N) is 1. The summed E-state index contributed by atoms with van der Waals surface area (Å²) < 4.78 is 0. The zero-order valence-corrected chi connectivity index (χ0v) is 7.38. The minimum Gasteiger partial charge on any atom is -0.404 e. The fraction of sp³-hybridized carbons (Fsp3) is 0.200. The zero-order valence-electron chi connectivity index (χ0n) is 7.38. The van der Waals surface area contributed by atoms with Crippen molar-refractivity contribution in [2.75, 3.05) is 0 Å². The third-order valence-electron chi connectivity index (χ3n) is 0.913. The summed E-state index contributed by atoms with van der Waals surface area (Å²) in [6.45, 7) is 10.8. The number of hydrogen-bond acceptors (Lipinski definition) is 1. The van der Waals surface area contributed by atoms with Crippen LogP contribution in [0.1, 0.15) is 13.8 Å². The molecule has 1 nitrogen and oxygen atoms in total. The van der Waals surface area contributed by atoms with E-state index in [2.05, 4.69) is 13.2 Å². The van der Waals surface area contributed by atoms with E-state index in [-0.39, 0.29) is 0 Å². The van der Waals surface area contributed by atoms with Gasteiger partial charge in [-0.1, -0.05) is 37.5 Å². The maximum atomic E-state index is 5.05. The monoisotopic (exact) mass is 151 g/mol. The summed E-state index contributed by atoms with van der Waals surface area (Å²) >= 11 is 0. The molecule has 0 heterocycles. The second-order valence-electron chi connectivity index (χ2n) is 1.88. The van der Waals surface area contributed by atoms with Crippen molar-refractivity contribution in [2.24, 2.45) is 5.73 Å². The lowest BCUT2D eigenvalue weighted by Crippen LogP contribution is -1.78. The molecule has 1 heteroatoms. The Morgan fingerprint density at radius 3 is 1.91 bits per heavy atom. The summed E-state index contributed by atoms with van der Waals surface area (Å²) in [7, 11) is 0. The first-order chi connectivity index (χ1) is 5.22. The topological polar surface area (TPSA) is 26.0 Å². The van der Waals surface area contributed by atoms with Gasteiger partial charge in [0.2, 0.25) is 0 Å². The fourth-order valence-corrected chi connectivity index (χ4v) is 0.204. The lowest BCUT2D eigenvalue weighted by Gasteiger charge is -1.78. The molecule has 0 rings (SSSR count). The first-order valence-electron chi connectivity index (χ1n) is 3.47. The Kier molecular flexibility index (Phi) is 13.1. The van der Waals surface area contributed by atoms with Crippen LogP contribution in [0.5, 0.6) is 0 Å². The van der Waals surface area contributed by atoms with E-state index in [9.17, 15) is 0 Å². The van der Waals surface area contributed by atoms with E-state index in [0.29, 0.717) is 0 Å². The zero-order chi connectivity index (χ0) is 9.11. The average molecular weight is 151 g/mol. The maximum Gasteiger partial charge on any atom is -0.00328 e. The Hall–Kier alpha value is -1.24. The molecule has 62 valence electrons. The molecule has 0 radical (unpaired) electrons. The molecule has 0 saturated carbocycles. The summed E-state index contributed by atoms with van der Waals surface area (Å²) in [5.41, 5.74) is 6.06. The summed E-state index contributed by atoms with van der Waals surface area (Å²) in [6.07, 6.45) is 8.81. The number of rotatable bonds is 2. The van der Waals surface area contributed by atoms with Crippen LogP contribution in [0.3, 0.4) is 0 Å². The van der Waals surface area contributed by atoms with Crippen LogP contribution in [0.25, 0.3) is 0 Å². The molecule has 0 aromatic rings. The molecule has 0 amide bonds. The lowest BCUT2D eigenvalue weighted by molar-refractivity contribution is 1.44. The number of hydrogen-bond donors (Lipinski definition) is 1. The molecule has 0 spiro atoms. The van der Waals surface area contributed by atoms with Gasteiger partial charge in [-0.3, -0.25) is 0 Å². The molecule has 0 bridgehead atoms. The summed E-state index contributed by atoms with van der Waals surface area (Å²) in [5.74, 6) is 0. The molecule has 0 aliphatic heterocycles. The van der Waals surface area contributed by atoms with Crippen LogP contribution in [0, 0.1) is 0 Å². The van der Waals surface area contributed by atoms with Crippen LogP contribution < -0.4 is 5.73 Å². The van der Waals surface area contributed by atoms with Gasteiger partial charge in [0, 0.05) is 0 Å². The van der Waals surface area contributed by atoms with E-state index in [1.54, 1.807) is 12.2 Å².